The first-order chi connectivity index (χ1) is 9.51. The van der Waals surface area contributed by atoms with Gasteiger partial charge in [0.2, 0.25) is 5.89 Å². The lowest BCUT2D eigenvalue weighted by Gasteiger charge is -2.01. The second-order valence-corrected chi connectivity index (χ2v) is 4.90. The molecule has 2 heterocycles. The Balaban J connectivity index is 2.17. The predicted molar refractivity (Wildman–Crippen MR) is 68.3 cm³/mol. The minimum Gasteiger partial charge on any atom is -0.476 e. The summed E-state index contributed by atoms with van der Waals surface area (Å²) in [6.45, 7) is 6.22. The van der Waals surface area contributed by atoms with Crippen molar-refractivity contribution in [1.82, 2.24) is 25.1 Å². The molecule has 2 aromatic rings. The van der Waals surface area contributed by atoms with Crippen molar-refractivity contribution in [1.29, 1.82) is 0 Å². The van der Waals surface area contributed by atoms with Crippen LogP contribution in [0, 0.1) is 5.92 Å². The molecular weight excluding hydrogens is 262 g/mol. The average Bonchev–Trinajstić information content (AvgIpc) is 2.95. The van der Waals surface area contributed by atoms with Gasteiger partial charge in [-0.15, -0.1) is 5.10 Å². The van der Waals surface area contributed by atoms with E-state index < -0.39 is 5.97 Å². The highest BCUT2D eigenvalue weighted by Crippen LogP contribution is 2.10. The molecule has 8 nitrogen and oxygen atoms in total. The standard InChI is InChI=1S/C12H17N5O3/c1-4-8-11(12(18)19)14-16-17(8)6-10-13-9(15-20-10)5-7(2)3/h7H,4-6H2,1-3H3,(H,18,19). The van der Waals surface area contributed by atoms with Gasteiger partial charge in [0.25, 0.3) is 0 Å². The smallest absolute Gasteiger partial charge is 0.358 e. The zero-order valence-electron chi connectivity index (χ0n) is 11.7. The molecule has 0 aliphatic heterocycles. The Hall–Kier alpha value is -2.25. The summed E-state index contributed by atoms with van der Waals surface area (Å²) >= 11 is 0. The van der Waals surface area contributed by atoms with Crippen LogP contribution in [0.3, 0.4) is 0 Å². The van der Waals surface area contributed by atoms with Crippen LogP contribution in [0.4, 0.5) is 0 Å². The van der Waals surface area contributed by atoms with E-state index in [1.807, 2.05) is 6.92 Å². The van der Waals surface area contributed by atoms with E-state index in [2.05, 4.69) is 34.3 Å². The first kappa shape index (κ1) is 14.2. The highest BCUT2D eigenvalue weighted by Gasteiger charge is 2.19. The Kier molecular flexibility index (Phi) is 4.11. The molecule has 0 aliphatic carbocycles. The Morgan fingerprint density at radius 2 is 2.20 bits per heavy atom. The van der Waals surface area contributed by atoms with E-state index in [9.17, 15) is 4.79 Å². The van der Waals surface area contributed by atoms with E-state index in [0.717, 1.165) is 6.42 Å². The molecule has 2 aromatic heterocycles. The van der Waals surface area contributed by atoms with Crippen molar-refractivity contribution < 1.29 is 14.4 Å². The first-order valence-electron chi connectivity index (χ1n) is 6.48. The number of carboxylic acid groups (broad SMARTS) is 1. The number of aromatic carboxylic acids is 1. The fourth-order valence-corrected chi connectivity index (χ4v) is 1.91. The SMILES string of the molecule is CCc1c(C(=O)O)nnn1Cc1nc(CC(C)C)no1. The van der Waals surface area contributed by atoms with Crippen LogP contribution in [0.25, 0.3) is 0 Å². The van der Waals surface area contributed by atoms with Crippen LogP contribution in [-0.2, 0) is 19.4 Å². The molecule has 0 fully saturated rings. The van der Waals surface area contributed by atoms with Gasteiger partial charge in [0, 0.05) is 6.42 Å². The fraction of sp³-hybridized carbons (Fsp3) is 0.583. The summed E-state index contributed by atoms with van der Waals surface area (Å²) in [7, 11) is 0. The van der Waals surface area contributed by atoms with E-state index in [-0.39, 0.29) is 12.2 Å². The fourth-order valence-electron chi connectivity index (χ4n) is 1.91. The maximum absolute atomic E-state index is 11.0. The van der Waals surface area contributed by atoms with Gasteiger partial charge in [0.1, 0.15) is 6.54 Å². The molecule has 0 spiro atoms. The molecule has 0 aliphatic rings. The highest BCUT2D eigenvalue weighted by molar-refractivity contribution is 5.86. The van der Waals surface area contributed by atoms with Crippen molar-refractivity contribution in [2.24, 2.45) is 5.92 Å². The lowest BCUT2D eigenvalue weighted by molar-refractivity contribution is 0.0689. The van der Waals surface area contributed by atoms with Crippen LogP contribution in [0.5, 0.6) is 0 Å². The quantitative estimate of drug-likeness (QED) is 0.845. The minimum absolute atomic E-state index is 0.0329. The molecular formula is C12H17N5O3. The van der Waals surface area contributed by atoms with Crippen molar-refractivity contribution in [2.45, 2.75) is 40.2 Å². The van der Waals surface area contributed by atoms with Crippen molar-refractivity contribution in [3.8, 4) is 0 Å². The Morgan fingerprint density at radius 1 is 1.45 bits per heavy atom. The third kappa shape index (κ3) is 3.01. The molecule has 2 rings (SSSR count). The monoisotopic (exact) mass is 279 g/mol. The Bertz CT molecular complexity index is 602. The number of nitrogens with zero attached hydrogens (tertiary/aromatic N) is 5. The topological polar surface area (TPSA) is 107 Å². The normalized spacial score (nSPS) is 11.2. The van der Waals surface area contributed by atoms with Gasteiger partial charge < -0.3 is 9.63 Å². The minimum atomic E-state index is -1.08. The lowest BCUT2D eigenvalue weighted by Crippen LogP contribution is -2.09. The molecule has 0 saturated carbocycles. The van der Waals surface area contributed by atoms with Gasteiger partial charge in [-0.2, -0.15) is 4.98 Å². The number of hydrogen-bond acceptors (Lipinski definition) is 6. The summed E-state index contributed by atoms with van der Waals surface area (Å²) in [4.78, 5) is 15.3. The van der Waals surface area contributed by atoms with Gasteiger partial charge in [-0.1, -0.05) is 31.1 Å². The highest BCUT2D eigenvalue weighted by atomic mass is 16.5. The molecule has 0 aromatic carbocycles. The summed E-state index contributed by atoms with van der Waals surface area (Å²) < 4.78 is 6.62. The van der Waals surface area contributed by atoms with E-state index in [1.54, 1.807) is 0 Å². The third-order valence-electron chi connectivity index (χ3n) is 2.76. The summed E-state index contributed by atoms with van der Waals surface area (Å²) in [5.41, 5.74) is 0.510. The van der Waals surface area contributed by atoms with Gasteiger partial charge in [-0.3, -0.25) is 0 Å². The van der Waals surface area contributed by atoms with Crippen LogP contribution in [0.1, 0.15) is 48.7 Å². The molecule has 0 bridgehead atoms. The van der Waals surface area contributed by atoms with Gasteiger partial charge in [-0.05, 0) is 12.3 Å². The van der Waals surface area contributed by atoms with E-state index in [0.29, 0.717) is 29.7 Å². The van der Waals surface area contributed by atoms with Gasteiger partial charge in [-0.25, -0.2) is 9.48 Å². The summed E-state index contributed by atoms with van der Waals surface area (Å²) in [6.07, 6.45) is 1.25. The molecule has 0 saturated heterocycles. The summed E-state index contributed by atoms with van der Waals surface area (Å²) in [6, 6.07) is 0. The average molecular weight is 279 g/mol. The predicted octanol–water partition coefficient (Wildman–Crippen LogP) is 1.17. The lowest BCUT2D eigenvalue weighted by atomic mass is 10.1. The summed E-state index contributed by atoms with van der Waals surface area (Å²) in [5, 5.41) is 20.4. The molecule has 8 heteroatoms. The van der Waals surface area contributed by atoms with Crippen molar-refractivity contribution in [3.63, 3.8) is 0 Å². The zero-order chi connectivity index (χ0) is 14.7. The molecule has 0 atom stereocenters. The first-order valence-corrected chi connectivity index (χ1v) is 6.48. The number of carboxylic acids is 1. The molecule has 0 radical (unpaired) electrons. The number of aromatic nitrogens is 5. The van der Waals surface area contributed by atoms with Crippen LogP contribution in [0.2, 0.25) is 0 Å². The van der Waals surface area contributed by atoms with E-state index in [1.165, 1.54) is 4.68 Å². The van der Waals surface area contributed by atoms with E-state index in [4.69, 9.17) is 9.63 Å². The van der Waals surface area contributed by atoms with Gasteiger partial charge >= 0.3 is 5.97 Å². The van der Waals surface area contributed by atoms with Crippen molar-refractivity contribution in [3.05, 3.63) is 23.1 Å². The molecule has 0 amide bonds. The maximum Gasteiger partial charge on any atom is 0.358 e. The van der Waals surface area contributed by atoms with E-state index >= 15 is 0 Å². The van der Waals surface area contributed by atoms with Crippen LogP contribution in [-0.4, -0.2) is 36.2 Å². The summed E-state index contributed by atoms with van der Waals surface area (Å²) in [5.74, 6) is 0.402. The Labute approximate surface area is 115 Å². The second-order valence-electron chi connectivity index (χ2n) is 4.90. The third-order valence-corrected chi connectivity index (χ3v) is 2.76. The van der Waals surface area contributed by atoms with Gasteiger partial charge in [0.15, 0.2) is 11.5 Å². The molecule has 0 unspecified atom stereocenters. The maximum atomic E-state index is 11.0. The number of rotatable bonds is 6. The second kappa shape index (κ2) is 5.81. The van der Waals surface area contributed by atoms with Crippen LogP contribution >= 0.6 is 0 Å². The van der Waals surface area contributed by atoms with Crippen molar-refractivity contribution >= 4 is 5.97 Å². The molecule has 1 N–H and O–H groups in total. The zero-order valence-corrected chi connectivity index (χ0v) is 11.7. The van der Waals surface area contributed by atoms with Crippen LogP contribution in [0.15, 0.2) is 4.52 Å². The molecule has 108 valence electrons. The van der Waals surface area contributed by atoms with Gasteiger partial charge in [0.05, 0.1) is 5.69 Å². The van der Waals surface area contributed by atoms with Crippen molar-refractivity contribution in [2.75, 3.05) is 0 Å². The van der Waals surface area contributed by atoms with Crippen LogP contribution < -0.4 is 0 Å². The number of hydrogen-bond donors (Lipinski definition) is 1. The Morgan fingerprint density at radius 3 is 2.80 bits per heavy atom. The number of carbonyl (C=O) groups is 1. The molecule has 20 heavy (non-hydrogen) atoms. The largest absolute Gasteiger partial charge is 0.476 e.